The van der Waals surface area contributed by atoms with Gasteiger partial charge in [-0.3, -0.25) is 9.59 Å². The molecule has 0 bridgehead atoms. The lowest BCUT2D eigenvalue weighted by molar-refractivity contribution is 0.0607. The number of amides is 2. The minimum atomic E-state index is -0.506. The molecule has 8 heteroatoms. The summed E-state index contributed by atoms with van der Waals surface area (Å²) in [6.45, 7) is 0. The van der Waals surface area contributed by atoms with Gasteiger partial charge in [0.2, 0.25) is 0 Å². The summed E-state index contributed by atoms with van der Waals surface area (Å²) in [6.07, 6.45) is 0. The third kappa shape index (κ3) is 3.39. The van der Waals surface area contributed by atoms with E-state index in [1.807, 2.05) is 18.2 Å². The predicted octanol–water partition coefficient (Wildman–Crippen LogP) is 4.50. The van der Waals surface area contributed by atoms with Crippen LogP contribution in [0.4, 0.5) is 11.4 Å². The molecule has 4 rings (SSSR count). The maximum absolute atomic E-state index is 12.7. The molecule has 6 nitrogen and oxygen atoms in total. The highest BCUT2D eigenvalue weighted by Crippen LogP contribution is 2.39. The first-order valence-electron chi connectivity index (χ1n) is 8.26. The van der Waals surface area contributed by atoms with E-state index in [9.17, 15) is 14.4 Å². The Labute approximate surface area is 168 Å². The van der Waals surface area contributed by atoms with Gasteiger partial charge in [0.15, 0.2) is 0 Å². The molecule has 2 heterocycles. The van der Waals surface area contributed by atoms with Gasteiger partial charge in [0.25, 0.3) is 11.8 Å². The molecule has 2 aromatic carbocycles. The van der Waals surface area contributed by atoms with Gasteiger partial charge in [-0.2, -0.15) is 0 Å². The number of carbonyl (C=O) groups excluding carboxylic acids is 3. The number of fused-ring (bicyclic) bond motifs is 2. The van der Waals surface area contributed by atoms with Crippen LogP contribution in [-0.2, 0) is 4.74 Å². The van der Waals surface area contributed by atoms with E-state index in [1.165, 1.54) is 30.2 Å². The second kappa shape index (κ2) is 7.49. The van der Waals surface area contributed by atoms with E-state index in [0.717, 1.165) is 9.79 Å². The van der Waals surface area contributed by atoms with Crippen molar-refractivity contribution in [3.05, 3.63) is 69.9 Å². The average Bonchev–Trinajstić information content (AvgIpc) is 3.11. The Bertz CT molecular complexity index is 1110. The molecular formula is C20H14N2O4S2. The van der Waals surface area contributed by atoms with Gasteiger partial charge in [0.05, 0.1) is 24.0 Å². The molecule has 0 spiro atoms. The Morgan fingerprint density at radius 1 is 1.07 bits per heavy atom. The van der Waals surface area contributed by atoms with E-state index >= 15 is 0 Å². The van der Waals surface area contributed by atoms with E-state index in [0.29, 0.717) is 27.4 Å². The van der Waals surface area contributed by atoms with E-state index in [4.69, 9.17) is 4.74 Å². The molecule has 1 aliphatic rings. The number of esters is 1. The fraction of sp³-hybridized carbons (Fsp3) is 0.0500. The summed E-state index contributed by atoms with van der Waals surface area (Å²) in [5.41, 5.74) is 1.92. The lowest BCUT2D eigenvalue weighted by Gasteiger charge is -2.10. The maximum atomic E-state index is 12.7. The number of methoxy groups -OCH3 is 1. The van der Waals surface area contributed by atoms with Crippen molar-refractivity contribution < 1.29 is 19.1 Å². The highest BCUT2D eigenvalue weighted by Gasteiger charge is 2.21. The van der Waals surface area contributed by atoms with Gasteiger partial charge >= 0.3 is 5.97 Å². The number of hydrogen-bond acceptors (Lipinski definition) is 6. The number of benzene rings is 2. The summed E-state index contributed by atoms with van der Waals surface area (Å²) >= 11 is 2.66. The zero-order chi connectivity index (χ0) is 19.7. The van der Waals surface area contributed by atoms with Gasteiger partial charge in [-0.15, -0.1) is 11.3 Å². The van der Waals surface area contributed by atoms with Crippen molar-refractivity contribution >= 4 is 52.3 Å². The normalized spacial score (nSPS) is 12.2. The molecule has 0 radical (unpaired) electrons. The first-order valence-corrected chi connectivity index (χ1v) is 9.96. The minimum Gasteiger partial charge on any atom is -0.465 e. The third-order valence-corrected chi connectivity index (χ3v) is 6.17. The molecule has 0 saturated carbocycles. The first-order chi connectivity index (χ1) is 13.6. The van der Waals surface area contributed by atoms with Crippen LogP contribution in [-0.4, -0.2) is 24.9 Å². The monoisotopic (exact) mass is 410 g/mol. The van der Waals surface area contributed by atoms with E-state index in [-0.39, 0.29) is 11.8 Å². The van der Waals surface area contributed by atoms with Gasteiger partial charge in [0.1, 0.15) is 4.88 Å². The Balaban J connectivity index is 1.61. The van der Waals surface area contributed by atoms with Crippen molar-refractivity contribution in [1.29, 1.82) is 0 Å². The Hall–Kier alpha value is -3.10. The van der Waals surface area contributed by atoms with Crippen LogP contribution >= 0.6 is 23.1 Å². The van der Waals surface area contributed by atoms with Crippen LogP contribution in [0.2, 0.25) is 0 Å². The van der Waals surface area contributed by atoms with Crippen LogP contribution in [0.25, 0.3) is 0 Å². The largest absolute Gasteiger partial charge is 0.465 e. The van der Waals surface area contributed by atoms with Crippen molar-refractivity contribution in [3.8, 4) is 0 Å². The van der Waals surface area contributed by atoms with Gasteiger partial charge in [-0.1, -0.05) is 23.9 Å². The number of thiophene rings is 1. The number of hydrogen-bond donors (Lipinski definition) is 2. The van der Waals surface area contributed by atoms with Gasteiger partial charge in [0, 0.05) is 15.4 Å². The Kier molecular flexibility index (Phi) is 4.89. The smallest absolute Gasteiger partial charge is 0.350 e. The first kappa shape index (κ1) is 18.3. The maximum Gasteiger partial charge on any atom is 0.350 e. The van der Waals surface area contributed by atoms with Gasteiger partial charge in [-0.25, -0.2) is 4.79 Å². The summed E-state index contributed by atoms with van der Waals surface area (Å²) < 4.78 is 4.72. The quantitative estimate of drug-likeness (QED) is 0.621. The Morgan fingerprint density at radius 3 is 2.71 bits per heavy atom. The molecule has 1 aromatic heterocycles. The zero-order valence-electron chi connectivity index (χ0n) is 14.6. The number of nitrogens with one attached hydrogen (secondary N) is 2. The van der Waals surface area contributed by atoms with Crippen LogP contribution in [0.1, 0.15) is 30.4 Å². The molecule has 1 aliphatic heterocycles. The van der Waals surface area contributed by atoms with Crippen molar-refractivity contribution in [1.82, 2.24) is 0 Å². The number of carbonyl (C=O) groups is 3. The molecule has 2 amide bonds. The highest BCUT2D eigenvalue weighted by molar-refractivity contribution is 7.99. The molecule has 28 heavy (non-hydrogen) atoms. The summed E-state index contributed by atoms with van der Waals surface area (Å²) in [6, 6.07) is 14.1. The molecule has 0 saturated heterocycles. The van der Waals surface area contributed by atoms with E-state index in [1.54, 1.807) is 35.7 Å². The predicted molar refractivity (Wildman–Crippen MR) is 109 cm³/mol. The Morgan fingerprint density at radius 2 is 1.89 bits per heavy atom. The standard InChI is InChI=1S/C20H14N2O4S2/c1-26-20(25)17-13(8-9-27-17)21-18(23)11-6-7-16-14(10-11)22-19(24)12-4-2-3-5-15(12)28-16/h2-10H,1H3,(H,21,23)(H,22,24). The second-order valence-corrected chi connectivity index (χ2v) is 7.87. The summed E-state index contributed by atoms with van der Waals surface area (Å²) in [4.78, 5) is 39.0. The molecule has 2 N–H and O–H groups in total. The zero-order valence-corrected chi connectivity index (χ0v) is 16.3. The van der Waals surface area contributed by atoms with E-state index < -0.39 is 5.97 Å². The van der Waals surface area contributed by atoms with Crippen molar-refractivity contribution in [2.45, 2.75) is 9.79 Å². The van der Waals surface area contributed by atoms with Gasteiger partial charge in [-0.05, 0) is 41.8 Å². The lowest BCUT2D eigenvalue weighted by Crippen LogP contribution is -2.15. The van der Waals surface area contributed by atoms with E-state index in [2.05, 4.69) is 10.6 Å². The SMILES string of the molecule is COC(=O)c1sccc1NC(=O)c1ccc2c(c1)NC(=O)c1ccccc1S2. The van der Waals surface area contributed by atoms with Crippen molar-refractivity contribution in [2.24, 2.45) is 0 Å². The minimum absolute atomic E-state index is 0.217. The van der Waals surface area contributed by atoms with Gasteiger partial charge < -0.3 is 15.4 Å². The second-order valence-electron chi connectivity index (χ2n) is 5.87. The van der Waals surface area contributed by atoms with Crippen LogP contribution in [0, 0.1) is 0 Å². The fourth-order valence-corrected chi connectivity index (χ4v) is 4.54. The molecule has 140 valence electrons. The van der Waals surface area contributed by atoms with Crippen molar-refractivity contribution in [2.75, 3.05) is 17.7 Å². The average molecular weight is 410 g/mol. The summed E-state index contributed by atoms with van der Waals surface area (Å²) in [5.74, 6) is -1.11. The number of ether oxygens (including phenoxy) is 1. The highest BCUT2D eigenvalue weighted by atomic mass is 32.2. The fourth-order valence-electron chi connectivity index (χ4n) is 2.76. The molecule has 0 unspecified atom stereocenters. The molecule has 3 aromatic rings. The molecule has 0 atom stereocenters. The number of anilines is 2. The summed E-state index contributed by atoms with van der Waals surface area (Å²) in [7, 11) is 1.29. The third-order valence-electron chi connectivity index (χ3n) is 4.13. The lowest BCUT2D eigenvalue weighted by atomic mass is 10.1. The number of rotatable bonds is 3. The van der Waals surface area contributed by atoms with Crippen LogP contribution in [0.5, 0.6) is 0 Å². The van der Waals surface area contributed by atoms with Crippen molar-refractivity contribution in [3.63, 3.8) is 0 Å². The summed E-state index contributed by atoms with van der Waals surface area (Å²) in [5, 5.41) is 7.28. The molecular weight excluding hydrogens is 396 g/mol. The van der Waals surface area contributed by atoms with Crippen LogP contribution in [0.3, 0.4) is 0 Å². The van der Waals surface area contributed by atoms with Crippen LogP contribution in [0.15, 0.2) is 63.7 Å². The van der Waals surface area contributed by atoms with Crippen LogP contribution < -0.4 is 10.6 Å². The molecule has 0 aliphatic carbocycles. The molecule has 0 fully saturated rings. The topological polar surface area (TPSA) is 84.5 Å².